The summed E-state index contributed by atoms with van der Waals surface area (Å²) >= 11 is 0. The number of rotatable bonds is 9. The lowest BCUT2D eigenvalue weighted by molar-refractivity contribution is 0.167. The van der Waals surface area contributed by atoms with E-state index in [9.17, 15) is 0 Å². The minimum absolute atomic E-state index is 0.0699. The van der Waals surface area contributed by atoms with Gasteiger partial charge in [0.1, 0.15) is 11.9 Å². The van der Waals surface area contributed by atoms with E-state index in [1.807, 2.05) is 42.5 Å². The van der Waals surface area contributed by atoms with E-state index in [-0.39, 0.29) is 12.1 Å². The molecule has 0 spiro atoms. The first-order chi connectivity index (χ1) is 24.6. The zero-order valence-corrected chi connectivity index (χ0v) is 28.5. The summed E-state index contributed by atoms with van der Waals surface area (Å²) in [7, 11) is 0. The van der Waals surface area contributed by atoms with Crippen LogP contribution in [0, 0.1) is 0 Å². The molecule has 0 amide bonds. The summed E-state index contributed by atoms with van der Waals surface area (Å²) in [6, 6.07) is 52.5. The van der Waals surface area contributed by atoms with Gasteiger partial charge < -0.3 is 9.30 Å². The summed E-state index contributed by atoms with van der Waals surface area (Å²) in [5.41, 5.74) is 8.64. The minimum atomic E-state index is -0.119. The Balaban J connectivity index is 1.17. The molecule has 0 aliphatic heterocycles. The van der Waals surface area contributed by atoms with Crippen molar-refractivity contribution in [2.24, 2.45) is 0 Å². The smallest absolute Gasteiger partial charge is 0.164 e. The third-order valence-electron chi connectivity index (χ3n) is 9.66. The molecular weight excluding hydrogens is 613 g/mol. The molecule has 8 rings (SSSR count). The average molecular weight is 651 g/mol. The van der Waals surface area contributed by atoms with Gasteiger partial charge in [0.05, 0.1) is 6.04 Å². The van der Waals surface area contributed by atoms with Crippen molar-refractivity contribution in [3.8, 4) is 51.0 Å². The van der Waals surface area contributed by atoms with Gasteiger partial charge in [-0.1, -0.05) is 140 Å². The summed E-state index contributed by atoms with van der Waals surface area (Å²) in [6.45, 7) is 6.57. The maximum atomic E-state index is 6.87. The molecule has 0 radical (unpaired) electrons. The van der Waals surface area contributed by atoms with Crippen LogP contribution in [0.15, 0.2) is 152 Å². The van der Waals surface area contributed by atoms with Gasteiger partial charge in [0.2, 0.25) is 0 Å². The number of fused-ring (bicyclic) bond motifs is 3. The van der Waals surface area contributed by atoms with Gasteiger partial charge in [0.15, 0.2) is 17.5 Å². The van der Waals surface area contributed by atoms with E-state index in [0.29, 0.717) is 17.5 Å². The van der Waals surface area contributed by atoms with Gasteiger partial charge in [-0.2, -0.15) is 0 Å². The van der Waals surface area contributed by atoms with E-state index < -0.39 is 0 Å². The predicted octanol–water partition coefficient (Wildman–Crippen LogP) is 11.2. The molecule has 1 unspecified atom stereocenters. The Hall–Kier alpha value is -6.07. The Bertz CT molecular complexity index is 2360. The highest BCUT2D eigenvalue weighted by Gasteiger charge is 2.23. The summed E-state index contributed by atoms with van der Waals surface area (Å²) in [6.07, 6.45) is 0.641. The van der Waals surface area contributed by atoms with Gasteiger partial charge in [-0.25, -0.2) is 15.0 Å². The van der Waals surface area contributed by atoms with E-state index in [1.165, 1.54) is 27.4 Å². The van der Waals surface area contributed by atoms with Gasteiger partial charge in [-0.05, 0) is 49.6 Å². The number of ether oxygens (including phenoxy) is 1. The molecule has 0 bridgehead atoms. The van der Waals surface area contributed by atoms with E-state index in [0.717, 1.165) is 40.0 Å². The van der Waals surface area contributed by atoms with Crippen LogP contribution < -0.4 is 4.74 Å². The monoisotopic (exact) mass is 650 g/mol. The van der Waals surface area contributed by atoms with Gasteiger partial charge in [0, 0.05) is 44.1 Å². The SMILES string of the molecule is CCc1c(OC(C)[C@@H](C)n2c3ccccc3c3ccccc32)cccc1-c1nc(-c2ccccc2)nc(-c2ccc(-c3ccccc3)cc2)n1. The Kier molecular flexibility index (Phi) is 8.39. The second kappa shape index (κ2) is 13.4. The van der Waals surface area contributed by atoms with Crippen LogP contribution >= 0.6 is 0 Å². The third-order valence-corrected chi connectivity index (χ3v) is 9.66. The lowest BCUT2D eigenvalue weighted by atomic mass is 10.0. The fourth-order valence-corrected chi connectivity index (χ4v) is 6.93. The molecule has 6 aromatic carbocycles. The zero-order valence-electron chi connectivity index (χ0n) is 28.5. The Labute approximate surface area is 292 Å². The van der Waals surface area contributed by atoms with Crippen molar-refractivity contribution in [2.45, 2.75) is 39.3 Å². The van der Waals surface area contributed by atoms with E-state index in [2.05, 4.69) is 135 Å². The van der Waals surface area contributed by atoms with Crippen molar-refractivity contribution < 1.29 is 4.74 Å². The standard InChI is InChI=1S/C45H38N4O/c1-4-36-39(22-15-25-42(36)50-31(3)30(2)49-40-23-13-11-20-37(40)38-21-12-14-24-41(38)49)45-47-43(34-18-9-6-10-19-34)46-44(48-45)35-28-26-33(27-29-35)32-16-7-5-8-17-32/h5-31H,4H2,1-3H3/t30-,31?/m1/s1. The quantitative estimate of drug-likeness (QED) is 0.156. The van der Waals surface area contributed by atoms with Crippen LogP contribution in [0.4, 0.5) is 0 Å². The van der Waals surface area contributed by atoms with Crippen molar-refractivity contribution >= 4 is 21.8 Å². The Morgan fingerprint density at radius 3 is 1.58 bits per heavy atom. The van der Waals surface area contributed by atoms with E-state index in [1.54, 1.807) is 0 Å². The van der Waals surface area contributed by atoms with Gasteiger partial charge >= 0.3 is 0 Å². The second-order valence-electron chi connectivity index (χ2n) is 12.7. The summed E-state index contributed by atoms with van der Waals surface area (Å²) in [5.74, 6) is 2.75. The lowest BCUT2D eigenvalue weighted by Crippen LogP contribution is -2.25. The maximum Gasteiger partial charge on any atom is 0.164 e. The predicted molar refractivity (Wildman–Crippen MR) is 205 cm³/mol. The molecule has 8 aromatic rings. The van der Waals surface area contributed by atoms with Crippen LogP contribution in [0.5, 0.6) is 5.75 Å². The fraction of sp³-hybridized carbons (Fsp3) is 0.133. The first kappa shape index (κ1) is 31.2. The fourth-order valence-electron chi connectivity index (χ4n) is 6.93. The van der Waals surface area contributed by atoms with Crippen molar-refractivity contribution in [2.75, 3.05) is 0 Å². The van der Waals surface area contributed by atoms with Crippen LogP contribution in [0.3, 0.4) is 0 Å². The topological polar surface area (TPSA) is 52.8 Å². The number of hydrogen-bond donors (Lipinski definition) is 0. The molecule has 0 aliphatic rings. The number of nitrogens with zero attached hydrogens (tertiary/aromatic N) is 4. The molecule has 5 heteroatoms. The number of para-hydroxylation sites is 2. The van der Waals surface area contributed by atoms with E-state index in [4.69, 9.17) is 19.7 Å². The number of benzene rings is 6. The summed E-state index contributed by atoms with van der Waals surface area (Å²) in [5, 5.41) is 2.51. The van der Waals surface area contributed by atoms with Crippen LogP contribution in [0.25, 0.3) is 67.1 Å². The van der Waals surface area contributed by atoms with Gasteiger partial charge in [-0.15, -0.1) is 0 Å². The van der Waals surface area contributed by atoms with Crippen LogP contribution in [-0.2, 0) is 6.42 Å². The lowest BCUT2D eigenvalue weighted by Gasteiger charge is -2.26. The van der Waals surface area contributed by atoms with Crippen LogP contribution in [0.1, 0.15) is 32.4 Å². The largest absolute Gasteiger partial charge is 0.488 e. The van der Waals surface area contributed by atoms with Crippen LogP contribution in [-0.4, -0.2) is 25.6 Å². The molecule has 0 fully saturated rings. The molecule has 0 aliphatic carbocycles. The molecule has 2 aromatic heterocycles. The molecule has 50 heavy (non-hydrogen) atoms. The molecule has 0 saturated carbocycles. The normalized spacial score (nSPS) is 12.6. The summed E-state index contributed by atoms with van der Waals surface area (Å²) in [4.78, 5) is 15.1. The number of aromatic nitrogens is 4. The zero-order chi connectivity index (χ0) is 34.0. The first-order valence-corrected chi connectivity index (χ1v) is 17.3. The molecule has 2 atom stereocenters. The summed E-state index contributed by atoms with van der Waals surface area (Å²) < 4.78 is 9.29. The number of hydrogen-bond acceptors (Lipinski definition) is 4. The van der Waals surface area contributed by atoms with E-state index >= 15 is 0 Å². The Morgan fingerprint density at radius 2 is 0.980 bits per heavy atom. The molecule has 5 nitrogen and oxygen atoms in total. The Morgan fingerprint density at radius 1 is 0.500 bits per heavy atom. The second-order valence-corrected chi connectivity index (χ2v) is 12.7. The maximum absolute atomic E-state index is 6.87. The van der Waals surface area contributed by atoms with Gasteiger partial charge in [-0.3, -0.25) is 0 Å². The molecular formula is C45H38N4O. The highest BCUT2D eigenvalue weighted by Crippen LogP contribution is 2.36. The van der Waals surface area contributed by atoms with Crippen LogP contribution in [0.2, 0.25) is 0 Å². The van der Waals surface area contributed by atoms with Crippen molar-refractivity contribution in [3.63, 3.8) is 0 Å². The third kappa shape index (κ3) is 5.81. The molecule has 0 N–H and O–H groups in total. The van der Waals surface area contributed by atoms with Crippen molar-refractivity contribution in [1.82, 2.24) is 19.5 Å². The molecule has 0 saturated heterocycles. The average Bonchev–Trinajstić information content (AvgIpc) is 3.52. The van der Waals surface area contributed by atoms with Crippen molar-refractivity contribution in [1.29, 1.82) is 0 Å². The van der Waals surface area contributed by atoms with Crippen molar-refractivity contribution in [3.05, 3.63) is 157 Å². The highest BCUT2D eigenvalue weighted by molar-refractivity contribution is 6.08. The minimum Gasteiger partial charge on any atom is -0.488 e. The molecule has 244 valence electrons. The highest BCUT2D eigenvalue weighted by atomic mass is 16.5. The van der Waals surface area contributed by atoms with Gasteiger partial charge in [0.25, 0.3) is 0 Å². The first-order valence-electron chi connectivity index (χ1n) is 17.3. The molecule has 2 heterocycles.